The summed E-state index contributed by atoms with van der Waals surface area (Å²) >= 11 is 1.45. The lowest BCUT2D eigenvalue weighted by atomic mass is 10.1. The normalized spacial score (nSPS) is 13.7. The highest BCUT2D eigenvalue weighted by Crippen LogP contribution is 2.34. The van der Waals surface area contributed by atoms with E-state index < -0.39 is 0 Å². The molecule has 2 heterocycles. The highest BCUT2D eigenvalue weighted by molar-refractivity contribution is 7.13. The Morgan fingerprint density at radius 2 is 2.21 bits per heavy atom. The molecule has 2 N–H and O–H groups in total. The van der Waals surface area contributed by atoms with E-state index in [9.17, 15) is 4.79 Å². The van der Waals surface area contributed by atoms with Crippen LogP contribution in [0.4, 0.5) is 11.4 Å². The van der Waals surface area contributed by atoms with Gasteiger partial charge in [0.15, 0.2) is 0 Å². The zero-order valence-electron chi connectivity index (χ0n) is 10.9. The van der Waals surface area contributed by atoms with E-state index in [0.717, 1.165) is 38.9 Å². The Morgan fingerprint density at radius 3 is 2.89 bits per heavy atom. The van der Waals surface area contributed by atoms with Crippen LogP contribution in [0.1, 0.15) is 25.9 Å². The number of aromatic nitrogens is 1. The average molecular weight is 273 g/mol. The Kier molecular flexibility index (Phi) is 2.78. The number of rotatable bonds is 1. The molecule has 0 atom stereocenters. The Balaban J connectivity index is 2.00. The maximum absolute atomic E-state index is 12.6. The lowest BCUT2D eigenvalue weighted by molar-refractivity contribution is 0.0992. The second-order valence-corrected chi connectivity index (χ2v) is 5.90. The van der Waals surface area contributed by atoms with Gasteiger partial charge in [0.25, 0.3) is 5.91 Å². The van der Waals surface area contributed by atoms with E-state index in [2.05, 4.69) is 4.98 Å². The maximum Gasteiger partial charge on any atom is 0.270 e. The predicted molar refractivity (Wildman–Crippen MR) is 77.8 cm³/mol. The molecule has 3 rings (SSSR count). The van der Waals surface area contributed by atoms with E-state index in [-0.39, 0.29) is 5.91 Å². The molecular formula is C14H15N3OS. The van der Waals surface area contributed by atoms with Crippen molar-refractivity contribution in [2.24, 2.45) is 0 Å². The fraction of sp³-hybridized carbons (Fsp3) is 0.286. The minimum absolute atomic E-state index is 0.0347. The highest BCUT2D eigenvalue weighted by atomic mass is 32.1. The number of fused-ring (bicyclic) bond motifs is 1. The molecule has 4 nitrogen and oxygen atoms in total. The van der Waals surface area contributed by atoms with Gasteiger partial charge >= 0.3 is 0 Å². The number of hydrogen-bond acceptors (Lipinski definition) is 4. The first-order valence-corrected chi connectivity index (χ1v) is 7.03. The standard InChI is InChI=1S/C14H15N3OS/c1-8-13(19-9(2)16-8)14(18)17-7-6-10-11(15)4-3-5-12(10)17/h3-5H,6-7,15H2,1-2H3. The smallest absolute Gasteiger partial charge is 0.270 e. The number of anilines is 2. The minimum atomic E-state index is 0.0347. The summed E-state index contributed by atoms with van der Waals surface area (Å²) in [5.74, 6) is 0.0347. The van der Waals surface area contributed by atoms with Crippen LogP contribution in [0, 0.1) is 13.8 Å². The van der Waals surface area contributed by atoms with E-state index in [1.807, 2.05) is 36.9 Å². The molecule has 0 saturated heterocycles. The van der Waals surface area contributed by atoms with Gasteiger partial charge in [-0.1, -0.05) is 6.07 Å². The number of carbonyl (C=O) groups excluding carboxylic acids is 1. The second-order valence-electron chi connectivity index (χ2n) is 4.70. The molecule has 1 aromatic heterocycles. The van der Waals surface area contributed by atoms with Crippen LogP contribution in [0.25, 0.3) is 0 Å². The largest absolute Gasteiger partial charge is 0.398 e. The zero-order chi connectivity index (χ0) is 13.6. The summed E-state index contributed by atoms with van der Waals surface area (Å²) in [7, 11) is 0. The third-order valence-corrected chi connectivity index (χ3v) is 4.47. The lowest BCUT2D eigenvalue weighted by Gasteiger charge is -2.16. The SMILES string of the molecule is Cc1nc(C)c(C(=O)N2CCc3c(N)cccc32)s1. The average Bonchev–Trinajstić information content (AvgIpc) is 2.93. The molecule has 1 amide bonds. The summed E-state index contributed by atoms with van der Waals surface area (Å²) in [5, 5.41) is 0.924. The van der Waals surface area contributed by atoms with Gasteiger partial charge in [-0.3, -0.25) is 4.79 Å². The number of nitrogens with two attached hydrogens (primary N) is 1. The molecule has 2 aromatic rings. The third-order valence-electron chi connectivity index (χ3n) is 3.41. The van der Waals surface area contributed by atoms with Crippen LogP contribution in [0.2, 0.25) is 0 Å². The van der Waals surface area contributed by atoms with E-state index >= 15 is 0 Å². The fourth-order valence-corrected chi connectivity index (χ4v) is 3.39. The Labute approximate surface area is 115 Å². The molecule has 0 bridgehead atoms. The number of aryl methyl sites for hydroxylation is 2. The molecule has 0 spiro atoms. The summed E-state index contributed by atoms with van der Waals surface area (Å²) in [6.45, 7) is 4.50. The monoisotopic (exact) mass is 273 g/mol. The minimum Gasteiger partial charge on any atom is -0.398 e. The van der Waals surface area contributed by atoms with Gasteiger partial charge in [-0.05, 0) is 32.4 Å². The quantitative estimate of drug-likeness (QED) is 0.812. The first kappa shape index (κ1) is 12.2. The van der Waals surface area contributed by atoms with Gasteiger partial charge in [0.2, 0.25) is 0 Å². The summed E-state index contributed by atoms with van der Waals surface area (Å²) in [4.78, 5) is 19.5. The van der Waals surface area contributed by atoms with Gasteiger partial charge in [0, 0.05) is 23.5 Å². The number of carbonyl (C=O) groups is 1. The van der Waals surface area contributed by atoms with Gasteiger partial charge in [-0.15, -0.1) is 11.3 Å². The van der Waals surface area contributed by atoms with Crippen molar-refractivity contribution in [2.75, 3.05) is 17.2 Å². The maximum atomic E-state index is 12.6. The second kappa shape index (κ2) is 4.35. The molecule has 0 saturated carbocycles. The van der Waals surface area contributed by atoms with Crippen molar-refractivity contribution in [1.82, 2.24) is 4.98 Å². The van der Waals surface area contributed by atoms with Crippen LogP contribution in [0.15, 0.2) is 18.2 Å². The number of nitrogen functional groups attached to an aromatic ring is 1. The van der Waals surface area contributed by atoms with Crippen molar-refractivity contribution in [3.8, 4) is 0 Å². The van der Waals surface area contributed by atoms with E-state index in [1.54, 1.807) is 0 Å². The molecule has 19 heavy (non-hydrogen) atoms. The summed E-state index contributed by atoms with van der Waals surface area (Å²) in [6, 6.07) is 5.74. The van der Waals surface area contributed by atoms with Crippen molar-refractivity contribution in [2.45, 2.75) is 20.3 Å². The van der Waals surface area contributed by atoms with E-state index in [4.69, 9.17) is 5.73 Å². The highest BCUT2D eigenvalue weighted by Gasteiger charge is 2.28. The first-order valence-electron chi connectivity index (χ1n) is 6.21. The predicted octanol–water partition coefficient (Wildman–Crippen LogP) is 2.55. The van der Waals surface area contributed by atoms with Gasteiger partial charge in [0.1, 0.15) is 4.88 Å². The molecule has 5 heteroatoms. The molecule has 0 fully saturated rings. The van der Waals surface area contributed by atoms with Gasteiger partial charge in [-0.2, -0.15) is 0 Å². The van der Waals surface area contributed by atoms with Crippen molar-refractivity contribution >= 4 is 28.6 Å². The van der Waals surface area contributed by atoms with Crippen molar-refractivity contribution < 1.29 is 4.79 Å². The summed E-state index contributed by atoms with van der Waals surface area (Å²) in [5.41, 5.74) is 9.56. The fourth-order valence-electron chi connectivity index (χ4n) is 2.52. The number of hydrogen-bond donors (Lipinski definition) is 1. The molecule has 0 unspecified atom stereocenters. The third kappa shape index (κ3) is 1.90. The molecule has 1 aliphatic heterocycles. The van der Waals surface area contributed by atoms with Crippen molar-refractivity contribution in [1.29, 1.82) is 0 Å². The van der Waals surface area contributed by atoms with Crippen LogP contribution in [0.3, 0.4) is 0 Å². The van der Waals surface area contributed by atoms with E-state index in [0.29, 0.717) is 6.54 Å². The van der Waals surface area contributed by atoms with Crippen molar-refractivity contribution in [3.05, 3.63) is 39.3 Å². The number of thiazole rings is 1. The number of nitrogens with zero attached hydrogens (tertiary/aromatic N) is 2. The number of benzene rings is 1. The van der Waals surface area contributed by atoms with Crippen LogP contribution >= 0.6 is 11.3 Å². The Morgan fingerprint density at radius 1 is 1.42 bits per heavy atom. The molecule has 98 valence electrons. The number of amides is 1. The topological polar surface area (TPSA) is 59.2 Å². The molecule has 1 aliphatic rings. The van der Waals surface area contributed by atoms with Gasteiger partial charge in [-0.25, -0.2) is 4.98 Å². The van der Waals surface area contributed by atoms with Crippen molar-refractivity contribution in [3.63, 3.8) is 0 Å². The molecule has 1 aromatic carbocycles. The molecular weight excluding hydrogens is 258 g/mol. The molecule has 0 aliphatic carbocycles. The van der Waals surface area contributed by atoms with Crippen LogP contribution in [-0.4, -0.2) is 17.4 Å². The summed E-state index contributed by atoms with van der Waals surface area (Å²) < 4.78 is 0. The lowest BCUT2D eigenvalue weighted by Crippen LogP contribution is -2.28. The Bertz CT molecular complexity index is 663. The first-order chi connectivity index (χ1) is 9.08. The molecule has 0 radical (unpaired) electrons. The van der Waals surface area contributed by atoms with E-state index in [1.165, 1.54) is 11.3 Å². The van der Waals surface area contributed by atoms with Crippen LogP contribution in [-0.2, 0) is 6.42 Å². The Hall–Kier alpha value is -1.88. The van der Waals surface area contributed by atoms with Crippen LogP contribution in [0.5, 0.6) is 0 Å². The van der Waals surface area contributed by atoms with Crippen LogP contribution < -0.4 is 10.6 Å². The summed E-state index contributed by atoms with van der Waals surface area (Å²) in [6.07, 6.45) is 0.824. The van der Waals surface area contributed by atoms with Gasteiger partial charge in [0.05, 0.1) is 10.7 Å². The van der Waals surface area contributed by atoms with Gasteiger partial charge < -0.3 is 10.6 Å². The zero-order valence-corrected chi connectivity index (χ0v) is 11.8.